The summed E-state index contributed by atoms with van der Waals surface area (Å²) in [5, 5.41) is 19.7. The van der Waals surface area contributed by atoms with Gasteiger partial charge >= 0.3 is 5.97 Å². The van der Waals surface area contributed by atoms with Gasteiger partial charge in [-0.2, -0.15) is 5.26 Å². The van der Waals surface area contributed by atoms with Gasteiger partial charge in [0.25, 0.3) is 0 Å². The molecule has 6 nitrogen and oxygen atoms in total. The van der Waals surface area contributed by atoms with Crippen LogP contribution in [0.1, 0.15) is 12.5 Å². The van der Waals surface area contributed by atoms with Crippen LogP contribution < -0.4 is 5.32 Å². The molecule has 0 heterocycles. The molecule has 1 unspecified atom stereocenters. The Labute approximate surface area is 104 Å². The van der Waals surface area contributed by atoms with Crippen LogP contribution in [0.4, 0.5) is 5.69 Å². The standard InChI is InChI=1S/C12H12N2O4/c1-8(12(16)17)18-7-11(15)14-10-4-2-9(6-13)3-5-10/h2-5,8H,7H2,1H3,(H,14,15)(H,16,17). The lowest BCUT2D eigenvalue weighted by molar-refractivity contribution is -0.150. The van der Waals surface area contributed by atoms with Gasteiger partial charge in [-0.15, -0.1) is 0 Å². The van der Waals surface area contributed by atoms with Gasteiger partial charge in [-0.3, -0.25) is 4.79 Å². The van der Waals surface area contributed by atoms with Crippen molar-refractivity contribution in [2.24, 2.45) is 0 Å². The second kappa shape index (κ2) is 6.37. The first kappa shape index (κ1) is 13.7. The Morgan fingerprint density at radius 2 is 2.06 bits per heavy atom. The lowest BCUT2D eigenvalue weighted by atomic mass is 10.2. The molecule has 1 rings (SSSR count). The highest BCUT2D eigenvalue weighted by molar-refractivity contribution is 5.91. The normalized spacial score (nSPS) is 11.3. The summed E-state index contributed by atoms with van der Waals surface area (Å²) in [5.41, 5.74) is 1.01. The smallest absolute Gasteiger partial charge is 0.332 e. The van der Waals surface area contributed by atoms with Gasteiger partial charge in [0, 0.05) is 5.69 Å². The molecule has 18 heavy (non-hydrogen) atoms. The molecule has 6 heteroatoms. The zero-order valence-electron chi connectivity index (χ0n) is 9.71. The fraction of sp³-hybridized carbons (Fsp3) is 0.250. The summed E-state index contributed by atoms with van der Waals surface area (Å²) >= 11 is 0. The Hall–Kier alpha value is -2.39. The second-order valence-electron chi connectivity index (χ2n) is 3.53. The van der Waals surface area contributed by atoms with Crippen molar-refractivity contribution in [1.29, 1.82) is 5.26 Å². The van der Waals surface area contributed by atoms with Crippen LogP contribution in [0.15, 0.2) is 24.3 Å². The van der Waals surface area contributed by atoms with Crippen LogP contribution in [0.25, 0.3) is 0 Å². The topological polar surface area (TPSA) is 99.4 Å². The Morgan fingerprint density at radius 3 is 2.56 bits per heavy atom. The molecular formula is C12H12N2O4. The molecular weight excluding hydrogens is 236 g/mol. The summed E-state index contributed by atoms with van der Waals surface area (Å²) in [6.45, 7) is 1.00. The Morgan fingerprint density at radius 1 is 1.44 bits per heavy atom. The number of nitriles is 1. The summed E-state index contributed by atoms with van der Waals surface area (Å²) in [7, 11) is 0. The van der Waals surface area contributed by atoms with Crippen LogP contribution in [0, 0.1) is 11.3 Å². The van der Waals surface area contributed by atoms with Crippen molar-refractivity contribution < 1.29 is 19.4 Å². The number of hydrogen-bond donors (Lipinski definition) is 2. The highest BCUT2D eigenvalue weighted by Crippen LogP contribution is 2.08. The van der Waals surface area contributed by atoms with E-state index in [0.29, 0.717) is 11.3 Å². The average molecular weight is 248 g/mol. The van der Waals surface area contributed by atoms with E-state index in [2.05, 4.69) is 5.32 Å². The van der Waals surface area contributed by atoms with E-state index in [4.69, 9.17) is 15.1 Å². The third-order valence-electron chi connectivity index (χ3n) is 2.11. The van der Waals surface area contributed by atoms with Crippen LogP contribution in [0.2, 0.25) is 0 Å². The maximum atomic E-state index is 11.4. The minimum atomic E-state index is -1.12. The first-order chi connectivity index (χ1) is 8.52. The number of carboxylic acids is 1. The molecule has 0 aliphatic rings. The molecule has 0 bridgehead atoms. The molecule has 0 aliphatic carbocycles. The number of aliphatic carboxylic acids is 1. The number of carbonyl (C=O) groups excluding carboxylic acids is 1. The molecule has 0 radical (unpaired) electrons. The monoisotopic (exact) mass is 248 g/mol. The van der Waals surface area contributed by atoms with Crippen molar-refractivity contribution in [3.63, 3.8) is 0 Å². The Bertz CT molecular complexity index is 476. The van der Waals surface area contributed by atoms with Gasteiger partial charge in [-0.25, -0.2) is 4.79 Å². The van der Waals surface area contributed by atoms with E-state index in [-0.39, 0.29) is 6.61 Å². The quantitative estimate of drug-likeness (QED) is 0.809. The minimum Gasteiger partial charge on any atom is -0.479 e. The van der Waals surface area contributed by atoms with Crippen LogP contribution in [-0.2, 0) is 14.3 Å². The molecule has 94 valence electrons. The van der Waals surface area contributed by atoms with E-state index in [1.807, 2.05) is 6.07 Å². The highest BCUT2D eigenvalue weighted by atomic mass is 16.5. The van der Waals surface area contributed by atoms with E-state index in [9.17, 15) is 9.59 Å². The van der Waals surface area contributed by atoms with E-state index in [1.165, 1.54) is 6.92 Å². The molecule has 2 N–H and O–H groups in total. The molecule has 0 spiro atoms. The lowest BCUT2D eigenvalue weighted by Gasteiger charge is -2.08. The van der Waals surface area contributed by atoms with Crippen LogP contribution >= 0.6 is 0 Å². The molecule has 1 amide bonds. The van der Waals surface area contributed by atoms with Gasteiger partial charge in [-0.05, 0) is 31.2 Å². The number of nitrogens with one attached hydrogen (secondary N) is 1. The van der Waals surface area contributed by atoms with Gasteiger partial charge in [0.05, 0.1) is 11.6 Å². The number of amides is 1. The largest absolute Gasteiger partial charge is 0.479 e. The molecule has 1 aromatic carbocycles. The van der Waals surface area contributed by atoms with E-state index in [1.54, 1.807) is 24.3 Å². The van der Waals surface area contributed by atoms with Crippen molar-refractivity contribution in [3.8, 4) is 6.07 Å². The second-order valence-corrected chi connectivity index (χ2v) is 3.53. The molecule has 1 aromatic rings. The van der Waals surface area contributed by atoms with E-state index < -0.39 is 18.0 Å². The predicted octanol–water partition coefficient (Wildman–Crippen LogP) is 0.986. The maximum absolute atomic E-state index is 11.4. The zero-order chi connectivity index (χ0) is 13.5. The average Bonchev–Trinajstić information content (AvgIpc) is 2.36. The van der Waals surface area contributed by atoms with Crippen molar-refractivity contribution in [2.45, 2.75) is 13.0 Å². The molecule has 0 aliphatic heterocycles. The SMILES string of the molecule is CC(OCC(=O)Nc1ccc(C#N)cc1)C(=O)O. The summed E-state index contributed by atoms with van der Waals surface area (Å²) in [4.78, 5) is 21.9. The van der Waals surface area contributed by atoms with Crippen LogP contribution in [0.5, 0.6) is 0 Å². The molecule has 0 saturated carbocycles. The van der Waals surface area contributed by atoms with Crippen LogP contribution in [0.3, 0.4) is 0 Å². The van der Waals surface area contributed by atoms with E-state index in [0.717, 1.165) is 0 Å². The van der Waals surface area contributed by atoms with Crippen LogP contribution in [-0.4, -0.2) is 29.7 Å². The molecule has 0 fully saturated rings. The fourth-order valence-corrected chi connectivity index (χ4v) is 1.10. The van der Waals surface area contributed by atoms with Crippen molar-refractivity contribution in [2.75, 3.05) is 11.9 Å². The van der Waals surface area contributed by atoms with Gasteiger partial charge in [0.15, 0.2) is 6.10 Å². The molecule has 0 aromatic heterocycles. The minimum absolute atomic E-state index is 0.340. The number of anilines is 1. The summed E-state index contributed by atoms with van der Waals surface area (Å²) < 4.78 is 4.82. The van der Waals surface area contributed by atoms with Crippen molar-refractivity contribution in [1.82, 2.24) is 0 Å². The first-order valence-electron chi connectivity index (χ1n) is 5.17. The summed E-state index contributed by atoms with van der Waals surface area (Å²) in [6, 6.07) is 8.25. The van der Waals surface area contributed by atoms with Gasteiger partial charge in [-0.1, -0.05) is 0 Å². The lowest BCUT2D eigenvalue weighted by Crippen LogP contribution is -2.26. The highest BCUT2D eigenvalue weighted by Gasteiger charge is 2.13. The predicted molar refractivity (Wildman–Crippen MR) is 62.8 cm³/mol. The van der Waals surface area contributed by atoms with Gasteiger partial charge in [0.1, 0.15) is 6.61 Å². The number of rotatable bonds is 5. The number of hydrogen-bond acceptors (Lipinski definition) is 4. The summed E-state index contributed by atoms with van der Waals surface area (Å²) in [6.07, 6.45) is -1.03. The number of carbonyl (C=O) groups is 2. The van der Waals surface area contributed by atoms with Gasteiger partial charge < -0.3 is 15.2 Å². The van der Waals surface area contributed by atoms with Crippen molar-refractivity contribution in [3.05, 3.63) is 29.8 Å². The Kier molecular flexibility index (Phi) is 4.84. The van der Waals surface area contributed by atoms with Crippen molar-refractivity contribution >= 4 is 17.6 Å². The van der Waals surface area contributed by atoms with Gasteiger partial charge in [0.2, 0.25) is 5.91 Å². The Balaban J connectivity index is 2.45. The number of nitrogens with zero attached hydrogens (tertiary/aromatic N) is 1. The number of carboxylic acid groups (broad SMARTS) is 1. The van der Waals surface area contributed by atoms with E-state index >= 15 is 0 Å². The molecule has 1 atom stereocenters. The first-order valence-corrected chi connectivity index (χ1v) is 5.17. The third-order valence-corrected chi connectivity index (χ3v) is 2.11. The molecule has 0 saturated heterocycles. The fourth-order valence-electron chi connectivity index (χ4n) is 1.10. The third kappa shape index (κ3) is 4.23. The maximum Gasteiger partial charge on any atom is 0.332 e. The summed E-state index contributed by atoms with van der Waals surface area (Å²) in [5.74, 6) is -1.58. The number of ether oxygens (including phenoxy) is 1. The zero-order valence-corrected chi connectivity index (χ0v) is 9.71. The number of benzene rings is 1.